The number of nitrogens with zero attached hydrogens (tertiary/aromatic N) is 1. The van der Waals surface area contributed by atoms with Crippen LogP contribution in [0.4, 0.5) is 5.13 Å². The molecule has 0 fully saturated rings. The number of para-hydroxylation sites is 1. The van der Waals surface area contributed by atoms with Crippen molar-refractivity contribution >= 4 is 33.3 Å². The minimum absolute atomic E-state index is 0.274. The summed E-state index contributed by atoms with van der Waals surface area (Å²) in [7, 11) is 0. The van der Waals surface area contributed by atoms with Gasteiger partial charge in [0.15, 0.2) is 16.7 Å². The molecular formula is C21H14N2O4S. The highest BCUT2D eigenvalue weighted by molar-refractivity contribution is 7.19. The molecular weight excluding hydrogens is 376 g/mol. The third kappa shape index (κ3) is 2.73. The summed E-state index contributed by atoms with van der Waals surface area (Å²) in [6, 6.07) is 14.8. The number of anilines is 1. The van der Waals surface area contributed by atoms with Gasteiger partial charge in [0.1, 0.15) is 21.9 Å². The fourth-order valence-corrected chi connectivity index (χ4v) is 4.01. The highest BCUT2D eigenvalue weighted by atomic mass is 32.1. The van der Waals surface area contributed by atoms with Crippen LogP contribution in [0.25, 0.3) is 33.1 Å². The Morgan fingerprint density at radius 2 is 1.75 bits per heavy atom. The van der Waals surface area contributed by atoms with Crippen molar-refractivity contribution in [2.45, 2.75) is 6.92 Å². The second-order valence-electron chi connectivity index (χ2n) is 6.16. The Bertz CT molecular complexity index is 1210. The smallest absolute Gasteiger partial charge is 0.293 e. The zero-order valence-electron chi connectivity index (χ0n) is 14.8. The van der Waals surface area contributed by atoms with Gasteiger partial charge in [-0.1, -0.05) is 29.5 Å². The predicted molar refractivity (Wildman–Crippen MR) is 106 cm³/mol. The second kappa shape index (κ2) is 6.54. The lowest BCUT2D eigenvalue weighted by Gasteiger charge is -1.99. The Morgan fingerprint density at radius 3 is 2.46 bits per heavy atom. The molecule has 0 unspecified atom stereocenters. The Hall–Kier alpha value is -3.58. The summed E-state index contributed by atoms with van der Waals surface area (Å²) in [4.78, 5) is 18.1. The van der Waals surface area contributed by atoms with Crippen molar-refractivity contribution in [3.63, 3.8) is 0 Å². The maximum Gasteiger partial charge on any atom is 0.293 e. The molecule has 0 saturated heterocycles. The first-order valence-electron chi connectivity index (χ1n) is 8.59. The first-order valence-corrected chi connectivity index (χ1v) is 9.40. The van der Waals surface area contributed by atoms with Crippen LogP contribution in [-0.2, 0) is 0 Å². The van der Waals surface area contributed by atoms with Crippen molar-refractivity contribution in [3.8, 4) is 22.1 Å². The molecule has 4 aromatic heterocycles. The van der Waals surface area contributed by atoms with Crippen LogP contribution < -0.4 is 5.32 Å². The van der Waals surface area contributed by atoms with Crippen LogP contribution in [-0.4, -0.2) is 10.9 Å². The van der Waals surface area contributed by atoms with Gasteiger partial charge in [-0.2, -0.15) is 0 Å². The molecule has 28 heavy (non-hydrogen) atoms. The maximum atomic E-state index is 12.8. The zero-order valence-corrected chi connectivity index (χ0v) is 15.6. The van der Waals surface area contributed by atoms with E-state index >= 15 is 0 Å². The van der Waals surface area contributed by atoms with Crippen molar-refractivity contribution in [3.05, 3.63) is 72.4 Å². The average Bonchev–Trinajstić information content (AvgIpc) is 3.48. The van der Waals surface area contributed by atoms with Gasteiger partial charge in [0.2, 0.25) is 0 Å². The number of furan rings is 3. The number of carbonyl (C=O) groups is 1. The predicted octanol–water partition coefficient (Wildman–Crippen LogP) is 5.97. The van der Waals surface area contributed by atoms with E-state index < -0.39 is 0 Å². The Kier molecular flexibility index (Phi) is 3.87. The first kappa shape index (κ1) is 16.6. The number of fused-ring (bicyclic) bond motifs is 1. The summed E-state index contributed by atoms with van der Waals surface area (Å²) < 4.78 is 16.8. The molecule has 1 N–H and O–H groups in total. The molecule has 0 saturated carbocycles. The third-order valence-corrected chi connectivity index (χ3v) is 5.38. The van der Waals surface area contributed by atoms with Crippen molar-refractivity contribution in [2.75, 3.05) is 5.32 Å². The minimum atomic E-state index is -0.348. The number of benzene rings is 1. The number of nitrogens with one attached hydrogen (secondary N) is 1. The Balaban J connectivity index is 1.52. The molecule has 7 heteroatoms. The molecule has 0 aliphatic rings. The monoisotopic (exact) mass is 390 g/mol. The third-order valence-electron chi connectivity index (χ3n) is 4.40. The van der Waals surface area contributed by atoms with E-state index in [9.17, 15) is 4.79 Å². The van der Waals surface area contributed by atoms with E-state index in [0.29, 0.717) is 27.9 Å². The lowest BCUT2D eigenvalue weighted by molar-refractivity contribution is 0.0998. The number of amides is 1. The molecule has 0 bridgehead atoms. The summed E-state index contributed by atoms with van der Waals surface area (Å²) in [5, 5.41) is 4.19. The fourth-order valence-electron chi connectivity index (χ4n) is 3.07. The molecule has 4 heterocycles. The van der Waals surface area contributed by atoms with Gasteiger partial charge in [0.25, 0.3) is 5.91 Å². The molecule has 0 spiro atoms. The average molecular weight is 390 g/mol. The van der Waals surface area contributed by atoms with Gasteiger partial charge in [-0.3, -0.25) is 10.1 Å². The number of rotatable bonds is 4. The minimum Gasteiger partial charge on any atom is -0.463 e. The van der Waals surface area contributed by atoms with Crippen LogP contribution in [0, 0.1) is 6.92 Å². The lowest BCUT2D eigenvalue weighted by atomic mass is 10.1. The largest absolute Gasteiger partial charge is 0.463 e. The van der Waals surface area contributed by atoms with Crippen molar-refractivity contribution in [1.29, 1.82) is 0 Å². The van der Waals surface area contributed by atoms with Gasteiger partial charge >= 0.3 is 0 Å². The van der Waals surface area contributed by atoms with Crippen LogP contribution in [0.15, 0.2) is 74.3 Å². The van der Waals surface area contributed by atoms with E-state index in [1.54, 1.807) is 24.7 Å². The van der Waals surface area contributed by atoms with Gasteiger partial charge in [-0.05, 0) is 37.3 Å². The molecule has 5 rings (SSSR count). The van der Waals surface area contributed by atoms with E-state index in [4.69, 9.17) is 13.3 Å². The number of aryl methyl sites for hydroxylation is 1. The molecule has 5 aromatic rings. The van der Waals surface area contributed by atoms with Gasteiger partial charge in [0.05, 0.1) is 12.5 Å². The van der Waals surface area contributed by atoms with Gasteiger partial charge in [-0.25, -0.2) is 4.98 Å². The van der Waals surface area contributed by atoms with E-state index in [2.05, 4.69) is 10.3 Å². The summed E-state index contributed by atoms with van der Waals surface area (Å²) in [5.41, 5.74) is 2.08. The quantitative estimate of drug-likeness (QED) is 0.409. The van der Waals surface area contributed by atoms with E-state index in [1.165, 1.54) is 11.3 Å². The first-order chi connectivity index (χ1) is 13.7. The zero-order chi connectivity index (χ0) is 19.1. The molecule has 0 atom stereocenters. The number of hydrogen-bond acceptors (Lipinski definition) is 6. The fraction of sp³-hybridized carbons (Fsp3) is 0.0476. The topological polar surface area (TPSA) is 81.4 Å². The van der Waals surface area contributed by atoms with E-state index in [0.717, 1.165) is 15.8 Å². The van der Waals surface area contributed by atoms with E-state index in [1.807, 2.05) is 43.3 Å². The van der Waals surface area contributed by atoms with Crippen LogP contribution in [0.5, 0.6) is 0 Å². The van der Waals surface area contributed by atoms with Crippen molar-refractivity contribution in [2.24, 2.45) is 0 Å². The van der Waals surface area contributed by atoms with Crippen LogP contribution in [0.1, 0.15) is 16.1 Å². The molecule has 0 aliphatic carbocycles. The molecule has 1 amide bonds. The van der Waals surface area contributed by atoms with Crippen molar-refractivity contribution < 1.29 is 18.0 Å². The van der Waals surface area contributed by atoms with Crippen molar-refractivity contribution in [1.82, 2.24) is 4.98 Å². The van der Waals surface area contributed by atoms with Crippen LogP contribution in [0.3, 0.4) is 0 Å². The van der Waals surface area contributed by atoms with Crippen LogP contribution in [0.2, 0.25) is 0 Å². The second-order valence-corrected chi connectivity index (χ2v) is 7.16. The number of aromatic nitrogens is 1. The van der Waals surface area contributed by atoms with Crippen LogP contribution >= 0.6 is 11.3 Å². The lowest BCUT2D eigenvalue weighted by Crippen LogP contribution is -2.11. The van der Waals surface area contributed by atoms with Gasteiger partial charge in [0, 0.05) is 10.9 Å². The highest BCUT2D eigenvalue weighted by Crippen LogP contribution is 2.39. The Labute approximate surface area is 163 Å². The normalized spacial score (nSPS) is 11.2. The maximum absolute atomic E-state index is 12.8. The summed E-state index contributed by atoms with van der Waals surface area (Å²) in [5.74, 6) is 1.18. The molecule has 6 nitrogen and oxygen atoms in total. The number of thiazole rings is 1. The number of hydrogen-bond donors (Lipinski definition) is 1. The number of carbonyl (C=O) groups excluding carboxylic acids is 1. The molecule has 0 radical (unpaired) electrons. The summed E-state index contributed by atoms with van der Waals surface area (Å²) in [6.07, 6.45) is 3.17. The molecule has 1 aromatic carbocycles. The standard InChI is InChI=1S/C21H14N2O4S/c1-12-13-6-2-3-7-14(13)27-18(12)20(24)23-21-22-17(15-8-4-10-25-15)19(28-21)16-9-5-11-26-16/h2-11H,1H3,(H,22,23,24). The van der Waals surface area contributed by atoms with Gasteiger partial charge in [-0.15, -0.1) is 0 Å². The molecule has 138 valence electrons. The summed E-state index contributed by atoms with van der Waals surface area (Å²) in [6.45, 7) is 1.87. The van der Waals surface area contributed by atoms with Gasteiger partial charge < -0.3 is 13.3 Å². The Morgan fingerprint density at radius 1 is 1.00 bits per heavy atom. The SMILES string of the molecule is Cc1c(C(=O)Nc2nc(-c3ccco3)c(-c3ccco3)s2)oc2ccccc12. The summed E-state index contributed by atoms with van der Waals surface area (Å²) >= 11 is 1.31. The molecule has 0 aliphatic heterocycles. The highest BCUT2D eigenvalue weighted by Gasteiger charge is 2.22. The van der Waals surface area contributed by atoms with E-state index in [-0.39, 0.29) is 11.7 Å².